The molecule has 6 nitrogen and oxygen atoms in total. The quantitative estimate of drug-likeness (QED) is 0.760. The molecule has 2 unspecified atom stereocenters. The average molecular weight is 270 g/mol. The second-order valence-corrected chi connectivity index (χ2v) is 6.12. The van der Waals surface area contributed by atoms with Crippen molar-refractivity contribution < 1.29 is 19.4 Å². The van der Waals surface area contributed by atoms with Gasteiger partial charge in [-0.05, 0) is 19.3 Å². The first-order valence-electron chi connectivity index (χ1n) is 7.08. The van der Waals surface area contributed by atoms with Gasteiger partial charge in [-0.2, -0.15) is 0 Å². The first-order chi connectivity index (χ1) is 9.01. The smallest absolute Gasteiger partial charge is 0.325 e. The molecule has 3 aliphatic rings. The molecule has 2 aliphatic heterocycles. The number of hydrogen-bond donors (Lipinski definition) is 2. The molecule has 1 saturated carbocycles. The minimum Gasteiger partial charge on any atom is -0.480 e. The number of hydrogen-bond acceptors (Lipinski definition) is 5. The standard InChI is InChI=1S/C13H22N2O4/c14-12(11(16)17)5-6-15(9-12)7-10-8-18-13(19-10)3-1-2-4-13/h10H,1-9,14H2,(H,16,17). The summed E-state index contributed by atoms with van der Waals surface area (Å²) in [5.41, 5.74) is 4.78. The molecule has 3 rings (SSSR count). The molecule has 6 heteroatoms. The minimum absolute atomic E-state index is 0.0502. The van der Waals surface area contributed by atoms with Crippen LogP contribution in [0.1, 0.15) is 32.1 Å². The van der Waals surface area contributed by atoms with Crippen molar-refractivity contribution in [1.29, 1.82) is 0 Å². The SMILES string of the molecule is NC1(C(=O)O)CCN(CC2COC3(CCCC3)O2)C1. The summed E-state index contributed by atoms with van der Waals surface area (Å²) in [7, 11) is 0. The summed E-state index contributed by atoms with van der Waals surface area (Å²) < 4.78 is 11.9. The molecule has 0 aromatic carbocycles. The van der Waals surface area contributed by atoms with Crippen LogP contribution in [0.3, 0.4) is 0 Å². The van der Waals surface area contributed by atoms with Crippen LogP contribution in [0.2, 0.25) is 0 Å². The van der Waals surface area contributed by atoms with Crippen molar-refractivity contribution in [2.45, 2.75) is 49.5 Å². The Kier molecular flexibility index (Phi) is 3.29. The van der Waals surface area contributed by atoms with Gasteiger partial charge in [-0.15, -0.1) is 0 Å². The van der Waals surface area contributed by atoms with E-state index in [9.17, 15) is 4.79 Å². The summed E-state index contributed by atoms with van der Waals surface area (Å²) in [5.74, 6) is -1.25. The van der Waals surface area contributed by atoms with E-state index < -0.39 is 11.5 Å². The Balaban J connectivity index is 1.52. The maximum Gasteiger partial charge on any atom is 0.325 e. The normalized spacial score (nSPS) is 38.3. The van der Waals surface area contributed by atoms with Crippen molar-refractivity contribution in [2.75, 3.05) is 26.2 Å². The second kappa shape index (κ2) is 4.70. The van der Waals surface area contributed by atoms with Crippen LogP contribution in [0.25, 0.3) is 0 Å². The molecule has 0 radical (unpaired) electrons. The van der Waals surface area contributed by atoms with Crippen LogP contribution in [0, 0.1) is 0 Å². The highest BCUT2D eigenvalue weighted by molar-refractivity contribution is 5.79. The highest BCUT2D eigenvalue weighted by Crippen LogP contribution is 2.39. The molecular formula is C13H22N2O4. The summed E-state index contributed by atoms with van der Waals surface area (Å²) in [6.07, 6.45) is 4.86. The molecule has 19 heavy (non-hydrogen) atoms. The van der Waals surface area contributed by atoms with Gasteiger partial charge in [-0.3, -0.25) is 9.69 Å². The van der Waals surface area contributed by atoms with Crippen molar-refractivity contribution in [1.82, 2.24) is 4.90 Å². The monoisotopic (exact) mass is 270 g/mol. The van der Waals surface area contributed by atoms with E-state index in [0.29, 0.717) is 26.1 Å². The predicted molar refractivity (Wildman–Crippen MR) is 67.6 cm³/mol. The maximum atomic E-state index is 11.1. The molecule has 3 N–H and O–H groups in total. The van der Waals surface area contributed by atoms with E-state index in [1.165, 1.54) is 12.8 Å². The van der Waals surface area contributed by atoms with E-state index in [1.807, 2.05) is 0 Å². The first kappa shape index (κ1) is 13.3. The Morgan fingerprint density at radius 3 is 2.74 bits per heavy atom. The molecule has 0 amide bonds. The molecular weight excluding hydrogens is 248 g/mol. The zero-order valence-electron chi connectivity index (χ0n) is 11.1. The Bertz CT molecular complexity index is 370. The van der Waals surface area contributed by atoms with Gasteiger partial charge in [0, 0.05) is 32.5 Å². The third-order valence-corrected chi connectivity index (χ3v) is 4.55. The number of carbonyl (C=O) groups is 1. The van der Waals surface area contributed by atoms with Gasteiger partial charge in [0.25, 0.3) is 0 Å². The van der Waals surface area contributed by atoms with Crippen LogP contribution in [0.15, 0.2) is 0 Å². The summed E-state index contributed by atoms with van der Waals surface area (Å²) in [5, 5.41) is 9.11. The van der Waals surface area contributed by atoms with E-state index in [4.69, 9.17) is 20.3 Å². The number of carboxylic acids is 1. The van der Waals surface area contributed by atoms with Crippen LogP contribution in [0.4, 0.5) is 0 Å². The molecule has 108 valence electrons. The van der Waals surface area contributed by atoms with Gasteiger partial charge in [-0.25, -0.2) is 0 Å². The number of aliphatic carboxylic acids is 1. The fourth-order valence-electron chi connectivity index (χ4n) is 3.42. The van der Waals surface area contributed by atoms with E-state index in [1.54, 1.807) is 0 Å². The van der Waals surface area contributed by atoms with Crippen molar-refractivity contribution in [2.24, 2.45) is 5.73 Å². The van der Waals surface area contributed by atoms with Gasteiger partial charge in [0.15, 0.2) is 5.79 Å². The largest absolute Gasteiger partial charge is 0.480 e. The lowest BCUT2D eigenvalue weighted by molar-refractivity contribution is -0.163. The number of nitrogens with zero attached hydrogens (tertiary/aromatic N) is 1. The highest BCUT2D eigenvalue weighted by atomic mass is 16.7. The van der Waals surface area contributed by atoms with Gasteiger partial charge in [0.2, 0.25) is 0 Å². The predicted octanol–water partition coefficient (Wildman–Crippen LogP) is 0.160. The van der Waals surface area contributed by atoms with Crippen LogP contribution >= 0.6 is 0 Å². The van der Waals surface area contributed by atoms with Crippen LogP contribution in [0.5, 0.6) is 0 Å². The van der Waals surface area contributed by atoms with E-state index in [-0.39, 0.29) is 11.9 Å². The Hall–Kier alpha value is -0.690. The average Bonchev–Trinajstić information content (AvgIpc) is 3.05. The zero-order chi connectivity index (χ0) is 13.5. The van der Waals surface area contributed by atoms with E-state index >= 15 is 0 Å². The topological polar surface area (TPSA) is 85.0 Å². The van der Waals surface area contributed by atoms with Gasteiger partial charge in [-0.1, -0.05) is 0 Å². The maximum absolute atomic E-state index is 11.1. The molecule has 3 fully saturated rings. The number of carboxylic acid groups (broad SMARTS) is 1. The second-order valence-electron chi connectivity index (χ2n) is 6.12. The van der Waals surface area contributed by atoms with E-state index in [2.05, 4.69) is 4.90 Å². The van der Waals surface area contributed by atoms with Crippen molar-refractivity contribution in [3.05, 3.63) is 0 Å². The third-order valence-electron chi connectivity index (χ3n) is 4.55. The lowest BCUT2D eigenvalue weighted by Crippen LogP contribution is -2.50. The summed E-state index contributed by atoms with van der Waals surface area (Å²) >= 11 is 0. The molecule has 2 heterocycles. The lowest BCUT2D eigenvalue weighted by Gasteiger charge is -2.24. The minimum atomic E-state index is -1.09. The Morgan fingerprint density at radius 2 is 2.11 bits per heavy atom. The number of rotatable bonds is 3. The third kappa shape index (κ3) is 2.50. The van der Waals surface area contributed by atoms with Crippen LogP contribution in [-0.4, -0.2) is 59.6 Å². The van der Waals surface area contributed by atoms with Gasteiger partial charge in [0.05, 0.1) is 12.7 Å². The molecule has 1 spiro atoms. The number of ether oxygens (including phenoxy) is 2. The Labute approximate surface area is 112 Å². The summed E-state index contributed by atoms with van der Waals surface area (Å²) in [6, 6.07) is 0. The molecule has 0 aromatic rings. The van der Waals surface area contributed by atoms with E-state index in [0.717, 1.165) is 19.4 Å². The lowest BCUT2D eigenvalue weighted by atomic mass is 10.0. The fraction of sp³-hybridized carbons (Fsp3) is 0.923. The number of nitrogens with two attached hydrogens (primary N) is 1. The summed E-state index contributed by atoms with van der Waals surface area (Å²) in [6.45, 7) is 2.44. The molecule has 1 aliphatic carbocycles. The van der Waals surface area contributed by atoms with Crippen molar-refractivity contribution in [3.8, 4) is 0 Å². The van der Waals surface area contributed by atoms with Gasteiger partial charge >= 0.3 is 5.97 Å². The molecule has 2 atom stereocenters. The number of likely N-dealkylation sites (tertiary alicyclic amines) is 1. The van der Waals surface area contributed by atoms with Crippen molar-refractivity contribution in [3.63, 3.8) is 0 Å². The van der Waals surface area contributed by atoms with Crippen LogP contribution in [-0.2, 0) is 14.3 Å². The fourth-order valence-corrected chi connectivity index (χ4v) is 3.42. The Morgan fingerprint density at radius 1 is 1.37 bits per heavy atom. The van der Waals surface area contributed by atoms with Gasteiger partial charge < -0.3 is 20.3 Å². The van der Waals surface area contributed by atoms with Crippen LogP contribution < -0.4 is 5.73 Å². The first-order valence-corrected chi connectivity index (χ1v) is 7.08. The zero-order valence-corrected chi connectivity index (χ0v) is 11.1. The molecule has 0 bridgehead atoms. The highest BCUT2D eigenvalue weighted by Gasteiger charge is 2.46. The summed E-state index contributed by atoms with van der Waals surface area (Å²) in [4.78, 5) is 13.2. The molecule has 0 aromatic heterocycles. The molecule has 2 saturated heterocycles. The van der Waals surface area contributed by atoms with Gasteiger partial charge in [0.1, 0.15) is 5.54 Å². The van der Waals surface area contributed by atoms with Crippen molar-refractivity contribution >= 4 is 5.97 Å².